The van der Waals surface area contributed by atoms with Crippen LogP contribution in [-0.2, 0) is 0 Å². The number of allylic oxidation sites excluding steroid dienone is 4. The highest BCUT2D eigenvalue weighted by molar-refractivity contribution is 5.41. The minimum absolute atomic E-state index is 0.0854. The zero-order valence-corrected chi connectivity index (χ0v) is 16.2. The second-order valence-corrected chi connectivity index (χ2v) is 11.2. The van der Waals surface area contributed by atoms with Crippen LogP contribution in [0.4, 0.5) is 0 Å². The van der Waals surface area contributed by atoms with E-state index >= 15 is 0 Å². The lowest BCUT2D eigenvalue weighted by Gasteiger charge is -2.67. The predicted molar refractivity (Wildman–Crippen MR) is 101 cm³/mol. The Kier molecular flexibility index (Phi) is 2.76. The first kappa shape index (κ1) is 15.7. The summed E-state index contributed by atoms with van der Waals surface area (Å²) < 4.78 is 0. The smallest absolute Gasteiger partial charge is 0.0212 e. The van der Waals surface area contributed by atoms with Gasteiger partial charge in [-0.15, -0.1) is 0 Å². The molecule has 1 spiro atoms. The van der Waals surface area contributed by atoms with Gasteiger partial charge in [0.2, 0.25) is 0 Å². The molecular weight excluding hydrogens is 290 g/mol. The largest absolute Gasteiger partial charge is 0.325 e. The van der Waals surface area contributed by atoms with Crippen molar-refractivity contribution in [1.82, 2.24) is 0 Å². The normalized spacial score (nSPS) is 54.5. The van der Waals surface area contributed by atoms with Gasteiger partial charge in [0.25, 0.3) is 0 Å². The summed E-state index contributed by atoms with van der Waals surface area (Å²) in [5, 5.41) is 0. The van der Waals surface area contributed by atoms with Gasteiger partial charge in [0, 0.05) is 5.54 Å². The quantitative estimate of drug-likeness (QED) is 0.602. The van der Waals surface area contributed by atoms with Crippen LogP contribution in [0.15, 0.2) is 23.3 Å². The van der Waals surface area contributed by atoms with Gasteiger partial charge in [-0.1, -0.05) is 45.4 Å². The summed E-state index contributed by atoms with van der Waals surface area (Å²) in [5.74, 6) is 0.810. The number of fused-ring (bicyclic) bond motifs is 4. The standard InChI is InChI=1S/C23H35N/c1-19(2)14-22-11-9-18-17-7-5-6-16(17)8-10-20(18,3)21(22,4)12-13-23(19,24)15-22/h5,7,18H,6,8-15,24H2,1-4H3/t18?,20?,21-,22+,23?/m0/s1. The van der Waals surface area contributed by atoms with Crippen LogP contribution >= 0.6 is 0 Å². The van der Waals surface area contributed by atoms with Gasteiger partial charge in [0.15, 0.2) is 0 Å². The second-order valence-electron chi connectivity index (χ2n) is 11.2. The molecule has 132 valence electrons. The highest BCUT2D eigenvalue weighted by Gasteiger charge is 2.72. The van der Waals surface area contributed by atoms with Crippen molar-refractivity contribution in [1.29, 1.82) is 0 Å². The molecule has 0 radical (unpaired) electrons. The Morgan fingerprint density at radius 1 is 1.00 bits per heavy atom. The Labute approximate surface area is 148 Å². The molecule has 0 aromatic carbocycles. The van der Waals surface area contributed by atoms with Crippen LogP contribution in [0.5, 0.6) is 0 Å². The molecule has 0 aliphatic heterocycles. The van der Waals surface area contributed by atoms with Gasteiger partial charge in [-0.25, -0.2) is 0 Å². The van der Waals surface area contributed by atoms with E-state index < -0.39 is 0 Å². The first-order valence-electron chi connectivity index (χ1n) is 10.3. The maximum atomic E-state index is 7.01. The minimum Gasteiger partial charge on any atom is -0.325 e. The van der Waals surface area contributed by atoms with Crippen molar-refractivity contribution in [3.8, 4) is 0 Å². The molecule has 24 heavy (non-hydrogen) atoms. The summed E-state index contributed by atoms with van der Waals surface area (Å²) in [5.41, 5.74) is 12.4. The van der Waals surface area contributed by atoms with Gasteiger partial charge in [-0.2, -0.15) is 0 Å². The van der Waals surface area contributed by atoms with Gasteiger partial charge >= 0.3 is 0 Å². The molecular formula is C23H35N. The van der Waals surface area contributed by atoms with Crippen LogP contribution in [0.25, 0.3) is 0 Å². The average Bonchev–Trinajstić information content (AvgIpc) is 3.03. The van der Waals surface area contributed by atoms with Crippen molar-refractivity contribution in [2.24, 2.45) is 33.3 Å². The highest BCUT2D eigenvalue weighted by atomic mass is 14.9. The number of nitrogens with two attached hydrogens (primary N) is 1. The van der Waals surface area contributed by atoms with Crippen LogP contribution in [0.2, 0.25) is 0 Å². The highest BCUT2D eigenvalue weighted by Crippen LogP contribution is 2.78. The van der Waals surface area contributed by atoms with E-state index in [0.717, 1.165) is 5.92 Å². The molecule has 3 fully saturated rings. The minimum atomic E-state index is 0.0854. The zero-order valence-electron chi connectivity index (χ0n) is 16.2. The monoisotopic (exact) mass is 325 g/mol. The lowest BCUT2D eigenvalue weighted by atomic mass is 9.37. The van der Waals surface area contributed by atoms with E-state index in [1.165, 1.54) is 57.8 Å². The zero-order chi connectivity index (χ0) is 17.0. The van der Waals surface area contributed by atoms with Gasteiger partial charge in [0.1, 0.15) is 0 Å². The molecule has 3 unspecified atom stereocenters. The van der Waals surface area contributed by atoms with E-state index in [2.05, 4.69) is 39.8 Å². The van der Waals surface area contributed by atoms with Gasteiger partial charge in [-0.05, 0) is 90.9 Å². The van der Waals surface area contributed by atoms with Crippen LogP contribution in [-0.4, -0.2) is 5.54 Å². The number of rotatable bonds is 0. The van der Waals surface area contributed by atoms with Crippen LogP contribution in [0, 0.1) is 27.6 Å². The molecule has 0 amide bonds. The van der Waals surface area contributed by atoms with Crippen molar-refractivity contribution >= 4 is 0 Å². The average molecular weight is 326 g/mol. The van der Waals surface area contributed by atoms with Crippen LogP contribution in [0.1, 0.15) is 85.5 Å². The van der Waals surface area contributed by atoms with Gasteiger partial charge in [-0.3, -0.25) is 0 Å². The molecule has 0 heterocycles. The van der Waals surface area contributed by atoms with E-state index in [-0.39, 0.29) is 5.54 Å². The molecule has 5 aliphatic carbocycles. The SMILES string of the molecule is CC1(C)C[C@@]23CCC4C5=C(CC=C5)CCC4(C)[C@]2(C)CCC1(N)C3. The van der Waals surface area contributed by atoms with E-state index in [0.29, 0.717) is 21.7 Å². The molecule has 1 heteroatoms. The van der Waals surface area contributed by atoms with Gasteiger partial charge < -0.3 is 5.73 Å². The Bertz CT molecular complexity index is 666. The fraction of sp³-hybridized carbons (Fsp3) is 0.826. The Hall–Kier alpha value is -0.560. The Morgan fingerprint density at radius 3 is 2.58 bits per heavy atom. The van der Waals surface area contributed by atoms with Crippen LogP contribution < -0.4 is 5.73 Å². The fourth-order valence-electron chi connectivity index (χ4n) is 8.48. The van der Waals surface area contributed by atoms with Crippen molar-refractivity contribution in [3.63, 3.8) is 0 Å². The summed E-state index contributed by atoms with van der Waals surface area (Å²) in [6, 6.07) is 0. The number of hydrogen-bond acceptors (Lipinski definition) is 1. The van der Waals surface area contributed by atoms with Crippen molar-refractivity contribution < 1.29 is 0 Å². The van der Waals surface area contributed by atoms with Gasteiger partial charge in [0.05, 0.1) is 0 Å². The second kappa shape index (κ2) is 4.22. The van der Waals surface area contributed by atoms with Crippen molar-refractivity contribution in [3.05, 3.63) is 23.3 Å². The molecule has 5 rings (SSSR count). The Balaban J connectivity index is 1.63. The molecule has 1 nitrogen and oxygen atoms in total. The lowest BCUT2D eigenvalue weighted by Crippen LogP contribution is -2.62. The maximum absolute atomic E-state index is 7.01. The summed E-state index contributed by atoms with van der Waals surface area (Å²) in [6.07, 6.45) is 17.0. The fourth-order valence-corrected chi connectivity index (χ4v) is 8.48. The molecule has 5 atom stereocenters. The van der Waals surface area contributed by atoms with E-state index in [4.69, 9.17) is 5.73 Å². The third kappa shape index (κ3) is 1.49. The van der Waals surface area contributed by atoms with Crippen LogP contribution in [0.3, 0.4) is 0 Å². The first-order valence-corrected chi connectivity index (χ1v) is 10.3. The molecule has 3 saturated carbocycles. The lowest BCUT2D eigenvalue weighted by molar-refractivity contribution is -0.161. The van der Waals surface area contributed by atoms with Crippen molar-refractivity contribution in [2.45, 2.75) is 91.0 Å². The molecule has 0 saturated heterocycles. The molecule has 0 aromatic heterocycles. The summed E-state index contributed by atoms with van der Waals surface area (Å²) >= 11 is 0. The maximum Gasteiger partial charge on any atom is 0.0212 e. The first-order chi connectivity index (χ1) is 11.2. The summed E-state index contributed by atoms with van der Waals surface area (Å²) in [7, 11) is 0. The topological polar surface area (TPSA) is 26.0 Å². The summed E-state index contributed by atoms with van der Waals surface area (Å²) in [4.78, 5) is 0. The molecule has 2 bridgehead atoms. The summed E-state index contributed by atoms with van der Waals surface area (Å²) in [6.45, 7) is 10.3. The van der Waals surface area contributed by atoms with E-state index in [1.807, 2.05) is 0 Å². The third-order valence-corrected chi connectivity index (χ3v) is 10.4. The van der Waals surface area contributed by atoms with Crippen molar-refractivity contribution in [2.75, 3.05) is 0 Å². The third-order valence-electron chi connectivity index (χ3n) is 10.4. The van der Waals surface area contributed by atoms with E-state index in [9.17, 15) is 0 Å². The number of hydrogen-bond donors (Lipinski definition) is 1. The molecule has 0 aromatic rings. The molecule has 5 aliphatic rings. The van der Waals surface area contributed by atoms with E-state index in [1.54, 1.807) is 11.1 Å². The predicted octanol–water partition coefficient (Wildman–Crippen LogP) is 5.76. The Morgan fingerprint density at radius 2 is 1.79 bits per heavy atom. The molecule has 2 N–H and O–H groups in total.